The van der Waals surface area contributed by atoms with Gasteiger partial charge in [0.2, 0.25) is 0 Å². The molecule has 5 heteroatoms. The fraction of sp³-hybridized carbons (Fsp3) is 0.533. The van der Waals surface area contributed by atoms with Gasteiger partial charge in [-0.15, -0.1) is 0 Å². The maximum Gasteiger partial charge on any atom is 0.410 e. The van der Waals surface area contributed by atoms with E-state index in [2.05, 4.69) is 0 Å². The summed E-state index contributed by atoms with van der Waals surface area (Å²) in [4.78, 5) is 13.6. The van der Waals surface area contributed by atoms with Crippen molar-refractivity contribution in [2.24, 2.45) is 11.7 Å². The van der Waals surface area contributed by atoms with Gasteiger partial charge in [0.25, 0.3) is 0 Å². The van der Waals surface area contributed by atoms with E-state index < -0.39 is 6.10 Å². The van der Waals surface area contributed by atoms with Gasteiger partial charge >= 0.3 is 6.09 Å². The van der Waals surface area contributed by atoms with E-state index >= 15 is 0 Å². The highest BCUT2D eigenvalue weighted by Gasteiger charge is 2.27. The molecular formula is C15H22N2O3. The molecule has 0 aromatic heterocycles. The average molecular weight is 278 g/mol. The highest BCUT2D eigenvalue weighted by atomic mass is 16.6. The van der Waals surface area contributed by atoms with Gasteiger partial charge in [-0.25, -0.2) is 4.79 Å². The lowest BCUT2D eigenvalue weighted by Crippen LogP contribution is -2.43. The van der Waals surface area contributed by atoms with Crippen molar-refractivity contribution in [3.05, 3.63) is 35.9 Å². The van der Waals surface area contributed by atoms with Crippen LogP contribution in [0.1, 0.15) is 18.4 Å². The summed E-state index contributed by atoms with van der Waals surface area (Å²) >= 11 is 0. The Kier molecular flexibility index (Phi) is 5.38. The predicted molar refractivity (Wildman–Crippen MR) is 76.0 cm³/mol. The van der Waals surface area contributed by atoms with Crippen molar-refractivity contribution >= 4 is 6.09 Å². The normalized spacial score (nSPS) is 17.8. The second-order valence-corrected chi connectivity index (χ2v) is 5.17. The summed E-state index contributed by atoms with van der Waals surface area (Å²) in [6.45, 7) is 1.82. The second kappa shape index (κ2) is 7.26. The van der Waals surface area contributed by atoms with E-state index in [1.54, 1.807) is 4.90 Å². The van der Waals surface area contributed by atoms with Crippen molar-refractivity contribution in [3.8, 4) is 0 Å². The van der Waals surface area contributed by atoms with Gasteiger partial charge in [0.05, 0.1) is 6.10 Å². The molecule has 1 fully saturated rings. The zero-order valence-corrected chi connectivity index (χ0v) is 11.6. The minimum atomic E-state index is -0.461. The number of carbonyl (C=O) groups excluding carboxylic acids is 1. The average Bonchev–Trinajstić information content (AvgIpc) is 2.53. The van der Waals surface area contributed by atoms with Gasteiger partial charge in [-0.05, 0) is 24.3 Å². The first-order valence-electron chi connectivity index (χ1n) is 7.04. The van der Waals surface area contributed by atoms with E-state index in [0.717, 1.165) is 18.4 Å². The molecule has 1 aliphatic rings. The van der Waals surface area contributed by atoms with Gasteiger partial charge in [0.1, 0.15) is 6.61 Å². The molecule has 1 heterocycles. The molecule has 0 saturated carbocycles. The third-order valence-corrected chi connectivity index (χ3v) is 3.79. The Morgan fingerprint density at radius 3 is 2.60 bits per heavy atom. The number of nitrogens with two attached hydrogens (primary N) is 1. The van der Waals surface area contributed by atoms with Gasteiger partial charge in [0.15, 0.2) is 0 Å². The molecule has 1 aromatic rings. The second-order valence-electron chi connectivity index (χ2n) is 5.17. The van der Waals surface area contributed by atoms with Crippen LogP contribution < -0.4 is 5.73 Å². The van der Waals surface area contributed by atoms with Crippen LogP contribution >= 0.6 is 0 Å². The van der Waals surface area contributed by atoms with Gasteiger partial charge in [0, 0.05) is 19.6 Å². The topological polar surface area (TPSA) is 75.8 Å². The van der Waals surface area contributed by atoms with E-state index in [1.807, 2.05) is 30.3 Å². The standard InChI is InChI=1S/C15H22N2O3/c16-10-14(18)13-6-8-17(9-7-13)15(19)20-11-12-4-2-1-3-5-12/h1-5,13-14,18H,6-11,16H2/t14-/m1/s1. The minimum Gasteiger partial charge on any atom is -0.445 e. The number of carbonyl (C=O) groups is 1. The summed E-state index contributed by atoms with van der Waals surface area (Å²) in [6.07, 6.45) is 0.810. The number of aliphatic hydroxyl groups is 1. The molecule has 1 aliphatic heterocycles. The van der Waals surface area contributed by atoms with Crippen molar-refractivity contribution in [1.82, 2.24) is 4.90 Å². The van der Waals surface area contributed by atoms with Crippen LogP contribution in [0, 0.1) is 5.92 Å². The Balaban J connectivity index is 1.75. The summed E-state index contributed by atoms with van der Waals surface area (Å²) in [6, 6.07) is 9.62. The Labute approximate surface area is 119 Å². The van der Waals surface area contributed by atoms with E-state index in [0.29, 0.717) is 19.7 Å². The maximum atomic E-state index is 11.9. The highest BCUT2D eigenvalue weighted by Crippen LogP contribution is 2.21. The molecule has 20 heavy (non-hydrogen) atoms. The number of amides is 1. The van der Waals surface area contributed by atoms with Gasteiger partial charge in [-0.1, -0.05) is 30.3 Å². The largest absolute Gasteiger partial charge is 0.445 e. The van der Waals surface area contributed by atoms with Crippen molar-refractivity contribution in [2.45, 2.75) is 25.6 Å². The maximum absolute atomic E-state index is 11.9. The van der Waals surface area contributed by atoms with Gasteiger partial charge < -0.3 is 20.5 Å². The van der Waals surface area contributed by atoms with Crippen LogP contribution in [0.5, 0.6) is 0 Å². The van der Waals surface area contributed by atoms with Crippen LogP contribution in [0.4, 0.5) is 4.79 Å². The molecule has 0 spiro atoms. The summed E-state index contributed by atoms with van der Waals surface area (Å²) in [5.74, 6) is 0.193. The minimum absolute atomic E-state index is 0.193. The lowest BCUT2D eigenvalue weighted by molar-refractivity contribution is 0.0490. The quantitative estimate of drug-likeness (QED) is 0.872. The molecule has 110 valence electrons. The Morgan fingerprint density at radius 2 is 2.00 bits per heavy atom. The Hall–Kier alpha value is -1.59. The smallest absolute Gasteiger partial charge is 0.410 e. The number of ether oxygens (including phenoxy) is 1. The molecule has 1 aromatic carbocycles. The summed E-state index contributed by atoms with van der Waals surface area (Å²) in [7, 11) is 0. The summed E-state index contributed by atoms with van der Waals surface area (Å²) in [5, 5.41) is 9.70. The van der Waals surface area contributed by atoms with Crippen molar-refractivity contribution in [1.29, 1.82) is 0 Å². The van der Waals surface area contributed by atoms with Crippen LogP contribution in [-0.4, -0.2) is 41.8 Å². The molecule has 0 aliphatic carbocycles. The van der Waals surface area contributed by atoms with E-state index in [4.69, 9.17) is 10.5 Å². The SMILES string of the molecule is NC[C@@H](O)C1CCN(C(=O)OCc2ccccc2)CC1. The zero-order chi connectivity index (χ0) is 14.4. The number of benzene rings is 1. The lowest BCUT2D eigenvalue weighted by Gasteiger charge is -2.33. The molecule has 0 unspecified atom stereocenters. The van der Waals surface area contributed by atoms with Gasteiger partial charge in [-0.3, -0.25) is 0 Å². The number of nitrogens with zero attached hydrogens (tertiary/aromatic N) is 1. The monoisotopic (exact) mass is 278 g/mol. The number of rotatable bonds is 4. The molecule has 1 saturated heterocycles. The third kappa shape index (κ3) is 3.95. The van der Waals surface area contributed by atoms with Crippen molar-refractivity contribution in [3.63, 3.8) is 0 Å². The first-order valence-corrected chi connectivity index (χ1v) is 7.04. The third-order valence-electron chi connectivity index (χ3n) is 3.79. The van der Waals surface area contributed by atoms with Crippen LogP contribution in [0.25, 0.3) is 0 Å². The Bertz CT molecular complexity index is 416. The fourth-order valence-corrected chi connectivity index (χ4v) is 2.47. The van der Waals surface area contributed by atoms with Crippen LogP contribution in [0.3, 0.4) is 0 Å². The van der Waals surface area contributed by atoms with Crippen LogP contribution in [0.2, 0.25) is 0 Å². The first kappa shape index (κ1) is 14.8. The predicted octanol–water partition coefficient (Wildman–Crippen LogP) is 1.35. The molecule has 3 N–H and O–H groups in total. The molecule has 5 nitrogen and oxygen atoms in total. The zero-order valence-electron chi connectivity index (χ0n) is 11.6. The lowest BCUT2D eigenvalue weighted by atomic mass is 9.91. The van der Waals surface area contributed by atoms with Crippen LogP contribution in [-0.2, 0) is 11.3 Å². The van der Waals surface area contributed by atoms with Crippen LogP contribution in [0.15, 0.2) is 30.3 Å². The van der Waals surface area contributed by atoms with Crippen molar-refractivity contribution in [2.75, 3.05) is 19.6 Å². The molecule has 1 amide bonds. The summed E-state index contributed by atoms with van der Waals surface area (Å²) in [5.41, 5.74) is 6.44. The molecule has 0 radical (unpaired) electrons. The Morgan fingerprint density at radius 1 is 1.35 bits per heavy atom. The number of hydrogen-bond acceptors (Lipinski definition) is 4. The highest BCUT2D eigenvalue weighted by molar-refractivity contribution is 5.67. The number of piperidine rings is 1. The molecular weight excluding hydrogens is 256 g/mol. The van der Waals surface area contributed by atoms with Gasteiger partial charge in [-0.2, -0.15) is 0 Å². The first-order chi connectivity index (χ1) is 9.70. The number of hydrogen-bond donors (Lipinski definition) is 2. The number of aliphatic hydroxyl groups excluding tert-OH is 1. The van der Waals surface area contributed by atoms with Crippen molar-refractivity contribution < 1.29 is 14.6 Å². The van der Waals surface area contributed by atoms with E-state index in [1.165, 1.54) is 0 Å². The molecule has 1 atom stereocenters. The summed E-state index contributed by atoms with van der Waals surface area (Å²) < 4.78 is 5.29. The fourth-order valence-electron chi connectivity index (χ4n) is 2.47. The number of likely N-dealkylation sites (tertiary alicyclic amines) is 1. The molecule has 0 bridgehead atoms. The van der Waals surface area contributed by atoms with E-state index in [9.17, 15) is 9.90 Å². The van der Waals surface area contributed by atoms with E-state index in [-0.39, 0.29) is 18.6 Å². The molecule has 2 rings (SSSR count).